The third kappa shape index (κ3) is 1.22. The smallest absolute Gasteiger partial charge is 0.00934 e. The fourth-order valence-corrected chi connectivity index (χ4v) is 0.680. The highest BCUT2D eigenvalue weighted by Gasteiger charge is 1.58. The Balaban J connectivity index is 0.000000250. The van der Waals surface area contributed by atoms with Crippen molar-refractivity contribution in [1.29, 1.82) is 0 Å². The van der Waals surface area contributed by atoms with Gasteiger partial charge in [0.25, 0.3) is 0 Å². The number of rotatable bonds is 0. The van der Waals surface area contributed by atoms with Gasteiger partial charge in [0.2, 0.25) is 0 Å². The van der Waals surface area contributed by atoms with Gasteiger partial charge in [-0.15, -0.1) is 0 Å². The number of hydrogen-bond acceptors (Lipinski definition) is 1. The van der Waals surface area contributed by atoms with Gasteiger partial charge in [-0.3, -0.25) is 0 Å². The fraction of sp³-hybridized carbons (Fsp3) is 0. The Morgan fingerprint density at radius 2 is 1.50 bits per heavy atom. The van der Waals surface area contributed by atoms with Gasteiger partial charge in [-0.2, -0.15) is 11.3 Å². The summed E-state index contributed by atoms with van der Waals surface area (Å²) < 4.78 is 0. The van der Waals surface area contributed by atoms with E-state index in [0.29, 0.717) is 0 Å². The molecule has 1 heterocycles. The summed E-state index contributed by atoms with van der Waals surface area (Å²) in [6, 6.07) is 4.04. The molecule has 31 valence electrons. The molecule has 0 unspecified atom stereocenters. The van der Waals surface area contributed by atoms with Crippen LogP contribution in [-0.2, 0) is 0 Å². The molecule has 0 N–H and O–H groups in total. The fourth-order valence-electron chi connectivity index (χ4n) is 0.227. The second kappa shape index (κ2) is 2.91. The van der Waals surface area contributed by atoms with Gasteiger partial charge in [0.05, 0.1) is 0 Å². The minimum absolute atomic E-state index is 0. The molecule has 0 amide bonds. The second-order valence-electron chi connectivity index (χ2n) is 0.793. The standard InChI is InChI=1S/C4H4S.CH/c1-2-4-5-3-1;/h1-4H;1H. The van der Waals surface area contributed by atoms with Crippen LogP contribution in [-0.4, -0.2) is 0 Å². The monoisotopic (exact) mass is 97.0 g/mol. The lowest BCUT2D eigenvalue weighted by Gasteiger charge is -1.39. The zero-order chi connectivity index (χ0) is 3.54. The lowest BCUT2D eigenvalue weighted by molar-refractivity contribution is 2.03. The molecule has 1 heteroatoms. The molecule has 0 spiro atoms. The van der Waals surface area contributed by atoms with Gasteiger partial charge in [0, 0.05) is 0 Å². The number of hydrogen-bond donors (Lipinski definition) is 0. The van der Waals surface area contributed by atoms with Crippen LogP contribution in [0, 0.1) is 7.43 Å². The minimum atomic E-state index is 0. The van der Waals surface area contributed by atoms with Gasteiger partial charge in [-0.05, 0) is 18.2 Å². The van der Waals surface area contributed by atoms with Crippen molar-refractivity contribution in [1.82, 2.24) is 0 Å². The Morgan fingerprint density at radius 3 is 1.67 bits per heavy atom. The first-order valence-electron chi connectivity index (χ1n) is 1.47. The first-order valence-corrected chi connectivity index (χ1v) is 2.41. The molecular weight excluding hydrogens is 92.1 g/mol. The Kier molecular flexibility index (Phi) is 2.77. The molecule has 0 aliphatic heterocycles. The molecule has 0 aliphatic rings. The van der Waals surface area contributed by atoms with E-state index in [-0.39, 0.29) is 7.43 Å². The molecule has 0 saturated carbocycles. The van der Waals surface area contributed by atoms with E-state index in [1.54, 1.807) is 11.3 Å². The molecule has 1 rings (SSSR count). The Morgan fingerprint density at radius 1 is 1.00 bits per heavy atom. The van der Waals surface area contributed by atoms with Crippen LogP contribution in [0.25, 0.3) is 0 Å². The average Bonchev–Trinajstić information content (AvgIpc) is 1.76. The highest BCUT2D eigenvalue weighted by atomic mass is 32.1. The van der Waals surface area contributed by atoms with Gasteiger partial charge < -0.3 is 0 Å². The molecule has 0 bridgehead atoms. The summed E-state index contributed by atoms with van der Waals surface area (Å²) in [5.41, 5.74) is 0. The quantitative estimate of drug-likeness (QED) is 0.464. The van der Waals surface area contributed by atoms with Crippen molar-refractivity contribution in [3.05, 3.63) is 30.3 Å². The minimum Gasteiger partial charge on any atom is -0.152 e. The van der Waals surface area contributed by atoms with E-state index in [1.807, 2.05) is 22.9 Å². The van der Waals surface area contributed by atoms with Crippen LogP contribution in [0.15, 0.2) is 22.9 Å². The van der Waals surface area contributed by atoms with E-state index in [0.717, 1.165) is 0 Å². The summed E-state index contributed by atoms with van der Waals surface area (Å²) >= 11 is 1.71. The third-order valence-electron chi connectivity index (χ3n) is 0.425. The van der Waals surface area contributed by atoms with Gasteiger partial charge in [-0.25, -0.2) is 0 Å². The molecule has 0 atom stereocenters. The summed E-state index contributed by atoms with van der Waals surface area (Å²) in [7, 11) is 0. The maximum atomic E-state index is 2.04. The van der Waals surface area contributed by atoms with Crippen molar-refractivity contribution in [2.45, 2.75) is 0 Å². The third-order valence-corrected chi connectivity index (χ3v) is 1.05. The van der Waals surface area contributed by atoms with Crippen LogP contribution in [0.5, 0.6) is 0 Å². The van der Waals surface area contributed by atoms with Gasteiger partial charge >= 0.3 is 0 Å². The molecule has 3 radical (unpaired) electrons. The summed E-state index contributed by atoms with van der Waals surface area (Å²) in [5, 5.41) is 4.08. The second-order valence-corrected chi connectivity index (χ2v) is 1.61. The summed E-state index contributed by atoms with van der Waals surface area (Å²) in [6.45, 7) is 0. The molecule has 1 aromatic rings. The van der Waals surface area contributed by atoms with Gasteiger partial charge in [0.15, 0.2) is 0 Å². The summed E-state index contributed by atoms with van der Waals surface area (Å²) in [4.78, 5) is 0. The molecule has 1 aromatic heterocycles. The zero-order valence-corrected chi connectivity index (χ0v) is 4.11. The van der Waals surface area contributed by atoms with E-state index in [9.17, 15) is 0 Å². The molecule has 0 aromatic carbocycles. The molecule has 0 nitrogen and oxygen atoms in total. The maximum absolute atomic E-state index is 2.04. The van der Waals surface area contributed by atoms with Gasteiger partial charge in [0.1, 0.15) is 0 Å². The van der Waals surface area contributed by atoms with Crippen molar-refractivity contribution in [2.24, 2.45) is 0 Å². The largest absolute Gasteiger partial charge is 0.152 e. The van der Waals surface area contributed by atoms with Crippen LogP contribution >= 0.6 is 11.3 Å². The van der Waals surface area contributed by atoms with Gasteiger partial charge in [-0.1, -0.05) is 12.1 Å². The summed E-state index contributed by atoms with van der Waals surface area (Å²) in [6.07, 6.45) is 0. The zero-order valence-electron chi connectivity index (χ0n) is 3.29. The van der Waals surface area contributed by atoms with Crippen molar-refractivity contribution < 1.29 is 0 Å². The van der Waals surface area contributed by atoms with E-state index in [1.165, 1.54) is 0 Å². The highest BCUT2D eigenvalue weighted by molar-refractivity contribution is 7.07. The Bertz CT molecular complexity index is 60.4. The van der Waals surface area contributed by atoms with E-state index in [2.05, 4.69) is 0 Å². The lowest BCUT2D eigenvalue weighted by Crippen LogP contribution is -1.16. The van der Waals surface area contributed by atoms with Crippen LogP contribution < -0.4 is 0 Å². The number of thiophene rings is 1. The van der Waals surface area contributed by atoms with Crippen molar-refractivity contribution >= 4 is 11.3 Å². The van der Waals surface area contributed by atoms with Crippen LogP contribution in [0.4, 0.5) is 0 Å². The molecular formula is C5H5S. The first-order chi connectivity index (χ1) is 2.50. The predicted molar refractivity (Wildman–Crippen MR) is 28.6 cm³/mol. The molecule has 0 fully saturated rings. The first kappa shape index (κ1) is 5.70. The lowest BCUT2D eigenvalue weighted by atomic mass is 10.7. The van der Waals surface area contributed by atoms with Crippen molar-refractivity contribution in [3.63, 3.8) is 0 Å². The molecule has 0 saturated heterocycles. The van der Waals surface area contributed by atoms with Crippen LogP contribution in [0.2, 0.25) is 0 Å². The SMILES string of the molecule is [CH].c1ccsc1. The van der Waals surface area contributed by atoms with Crippen LogP contribution in [0.1, 0.15) is 0 Å². The van der Waals surface area contributed by atoms with E-state index < -0.39 is 0 Å². The average molecular weight is 97.2 g/mol. The van der Waals surface area contributed by atoms with Crippen molar-refractivity contribution in [2.75, 3.05) is 0 Å². The normalized spacial score (nSPS) is 6.67. The van der Waals surface area contributed by atoms with E-state index >= 15 is 0 Å². The predicted octanol–water partition coefficient (Wildman–Crippen LogP) is 1.95. The van der Waals surface area contributed by atoms with E-state index in [4.69, 9.17) is 0 Å². The maximum Gasteiger partial charge on any atom is -0.00934 e. The topological polar surface area (TPSA) is 0 Å². The molecule has 0 aliphatic carbocycles. The Labute approximate surface area is 42.4 Å². The Hall–Kier alpha value is -0.300. The summed E-state index contributed by atoms with van der Waals surface area (Å²) in [5.74, 6) is 0. The highest BCUT2D eigenvalue weighted by Crippen LogP contribution is 1.91. The van der Waals surface area contributed by atoms with Crippen LogP contribution in [0.3, 0.4) is 0 Å². The van der Waals surface area contributed by atoms with Crippen molar-refractivity contribution in [3.8, 4) is 0 Å². The molecule has 6 heavy (non-hydrogen) atoms.